The zero-order valence-electron chi connectivity index (χ0n) is 9.43. The maximum atomic E-state index is 11.2. The molecule has 86 valence electrons. The van der Waals surface area contributed by atoms with Crippen LogP contribution in [0.3, 0.4) is 0 Å². The van der Waals surface area contributed by atoms with Crippen molar-refractivity contribution in [1.29, 1.82) is 0 Å². The van der Waals surface area contributed by atoms with Crippen molar-refractivity contribution in [3.63, 3.8) is 0 Å². The van der Waals surface area contributed by atoms with Crippen molar-refractivity contribution in [1.82, 2.24) is 9.80 Å². The number of carbonyl (C=O) groups excluding carboxylic acids is 1. The van der Waals surface area contributed by atoms with Gasteiger partial charge >= 0.3 is 5.97 Å². The van der Waals surface area contributed by atoms with E-state index in [4.69, 9.17) is 5.11 Å². The minimum atomic E-state index is -0.767. The van der Waals surface area contributed by atoms with Crippen molar-refractivity contribution in [3.05, 3.63) is 0 Å². The Labute approximate surface area is 89.7 Å². The SMILES string of the molecule is CC(=O)N1CC[C@H](C(=O)O)[C@H](N(C)C)C1. The molecule has 1 rings (SSSR count). The molecule has 0 aromatic carbocycles. The molecule has 0 unspecified atom stereocenters. The van der Waals surface area contributed by atoms with Crippen molar-refractivity contribution in [3.8, 4) is 0 Å². The summed E-state index contributed by atoms with van der Waals surface area (Å²) in [6, 6.07) is -0.0832. The van der Waals surface area contributed by atoms with E-state index in [9.17, 15) is 9.59 Å². The molecular weight excluding hydrogens is 196 g/mol. The summed E-state index contributed by atoms with van der Waals surface area (Å²) in [6.07, 6.45) is 0.539. The van der Waals surface area contributed by atoms with Gasteiger partial charge in [-0.3, -0.25) is 9.59 Å². The lowest BCUT2D eigenvalue weighted by Gasteiger charge is -2.39. The summed E-state index contributed by atoms with van der Waals surface area (Å²) in [5.41, 5.74) is 0. The van der Waals surface area contributed by atoms with E-state index in [1.165, 1.54) is 6.92 Å². The summed E-state index contributed by atoms with van der Waals surface area (Å²) in [4.78, 5) is 25.8. The average molecular weight is 214 g/mol. The molecule has 15 heavy (non-hydrogen) atoms. The third-order valence-electron chi connectivity index (χ3n) is 3.01. The van der Waals surface area contributed by atoms with Crippen molar-refractivity contribution < 1.29 is 14.7 Å². The number of rotatable bonds is 2. The highest BCUT2D eigenvalue weighted by atomic mass is 16.4. The van der Waals surface area contributed by atoms with Gasteiger partial charge in [-0.2, -0.15) is 0 Å². The van der Waals surface area contributed by atoms with Gasteiger partial charge in [-0.15, -0.1) is 0 Å². The van der Waals surface area contributed by atoms with E-state index in [2.05, 4.69) is 0 Å². The van der Waals surface area contributed by atoms with Crippen LogP contribution in [0.15, 0.2) is 0 Å². The molecule has 5 heteroatoms. The van der Waals surface area contributed by atoms with E-state index in [1.54, 1.807) is 4.90 Å². The average Bonchev–Trinajstić information content (AvgIpc) is 2.16. The predicted molar refractivity (Wildman–Crippen MR) is 55.5 cm³/mol. The maximum Gasteiger partial charge on any atom is 0.308 e. The van der Waals surface area contributed by atoms with Crippen LogP contribution in [0.2, 0.25) is 0 Å². The van der Waals surface area contributed by atoms with E-state index < -0.39 is 5.97 Å². The second-order valence-corrected chi connectivity index (χ2v) is 4.23. The largest absolute Gasteiger partial charge is 0.481 e. The zero-order chi connectivity index (χ0) is 11.6. The Morgan fingerprint density at radius 2 is 2.00 bits per heavy atom. The molecule has 1 aliphatic rings. The van der Waals surface area contributed by atoms with Gasteiger partial charge < -0.3 is 14.9 Å². The van der Waals surface area contributed by atoms with Crippen LogP contribution in [0.4, 0.5) is 0 Å². The van der Waals surface area contributed by atoms with E-state index in [0.29, 0.717) is 19.5 Å². The second-order valence-electron chi connectivity index (χ2n) is 4.23. The van der Waals surface area contributed by atoms with Crippen LogP contribution in [-0.4, -0.2) is 60.0 Å². The molecule has 1 amide bonds. The number of carboxylic acids is 1. The van der Waals surface area contributed by atoms with E-state index in [0.717, 1.165) is 0 Å². The molecule has 0 aromatic heterocycles. The first kappa shape index (κ1) is 12.0. The highest BCUT2D eigenvalue weighted by molar-refractivity contribution is 5.75. The van der Waals surface area contributed by atoms with Crippen LogP contribution in [0.5, 0.6) is 0 Å². The summed E-state index contributed by atoms with van der Waals surface area (Å²) in [7, 11) is 3.70. The number of carbonyl (C=O) groups is 2. The fourth-order valence-electron chi connectivity index (χ4n) is 2.03. The number of piperidine rings is 1. The van der Waals surface area contributed by atoms with E-state index in [1.807, 2.05) is 19.0 Å². The summed E-state index contributed by atoms with van der Waals surface area (Å²) >= 11 is 0. The van der Waals surface area contributed by atoms with Gasteiger partial charge in [-0.25, -0.2) is 0 Å². The Kier molecular flexibility index (Phi) is 3.68. The van der Waals surface area contributed by atoms with Crippen LogP contribution in [0.25, 0.3) is 0 Å². The van der Waals surface area contributed by atoms with Gasteiger partial charge in [0, 0.05) is 26.1 Å². The second kappa shape index (κ2) is 4.61. The highest BCUT2D eigenvalue weighted by Gasteiger charge is 2.35. The molecular formula is C10H18N2O3. The maximum absolute atomic E-state index is 11.2. The Bertz CT molecular complexity index is 265. The summed E-state index contributed by atoms with van der Waals surface area (Å²) < 4.78 is 0. The molecule has 0 bridgehead atoms. The van der Waals surface area contributed by atoms with E-state index >= 15 is 0 Å². The van der Waals surface area contributed by atoms with Gasteiger partial charge in [-0.1, -0.05) is 0 Å². The summed E-state index contributed by atoms with van der Waals surface area (Å²) in [6.45, 7) is 2.59. The quantitative estimate of drug-likeness (QED) is 0.695. The molecule has 0 radical (unpaired) electrons. The lowest BCUT2D eigenvalue weighted by Crippen LogP contribution is -2.53. The Morgan fingerprint density at radius 1 is 1.40 bits per heavy atom. The van der Waals surface area contributed by atoms with Crippen molar-refractivity contribution in [2.45, 2.75) is 19.4 Å². The molecule has 1 fully saturated rings. The minimum Gasteiger partial charge on any atom is -0.481 e. The zero-order valence-corrected chi connectivity index (χ0v) is 9.43. The Balaban J connectivity index is 2.73. The smallest absolute Gasteiger partial charge is 0.308 e. The molecule has 0 saturated carbocycles. The van der Waals surface area contributed by atoms with Gasteiger partial charge in [0.2, 0.25) is 5.91 Å². The highest BCUT2D eigenvalue weighted by Crippen LogP contribution is 2.21. The topological polar surface area (TPSA) is 60.9 Å². The van der Waals surface area contributed by atoms with Crippen LogP contribution in [-0.2, 0) is 9.59 Å². The molecule has 0 aliphatic carbocycles. The monoisotopic (exact) mass is 214 g/mol. The number of likely N-dealkylation sites (tertiary alicyclic amines) is 1. The number of hydrogen-bond acceptors (Lipinski definition) is 3. The molecule has 2 atom stereocenters. The first-order valence-electron chi connectivity index (χ1n) is 5.08. The number of nitrogens with zero attached hydrogens (tertiary/aromatic N) is 2. The summed E-state index contributed by atoms with van der Waals surface area (Å²) in [5.74, 6) is -1.11. The minimum absolute atomic E-state index is 0.0192. The lowest BCUT2D eigenvalue weighted by molar-refractivity contribution is -0.148. The standard InChI is InChI=1S/C10H18N2O3/c1-7(13)12-5-4-8(10(14)15)9(6-12)11(2)3/h8-9H,4-6H2,1-3H3,(H,14,15)/t8-,9+/m0/s1. The normalized spacial score (nSPS) is 26.8. The third kappa shape index (κ3) is 2.68. The molecule has 1 saturated heterocycles. The summed E-state index contributed by atoms with van der Waals surface area (Å²) in [5, 5.41) is 9.05. The number of hydrogen-bond donors (Lipinski definition) is 1. The van der Waals surface area contributed by atoms with Crippen molar-refractivity contribution in [2.75, 3.05) is 27.2 Å². The molecule has 1 aliphatic heterocycles. The third-order valence-corrected chi connectivity index (χ3v) is 3.01. The first-order chi connectivity index (χ1) is 6.93. The predicted octanol–water partition coefficient (Wildman–Crippen LogP) is -0.130. The van der Waals surface area contributed by atoms with Crippen LogP contribution in [0.1, 0.15) is 13.3 Å². The van der Waals surface area contributed by atoms with Gasteiger partial charge in [-0.05, 0) is 20.5 Å². The fraction of sp³-hybridized carbons (Fsp3) is 0.800. The van der Waals surface area contributed by atoms with Gasteiger partial charge in [0.25, 0.3) is 0 Å². The number of likely N-dealkylation sites (N-methyl/N-ethyl adjacent to an activating group) is 1. The van der Waals surface area contributed by atoms with Crippen LogP contribution in [0, 0.1) is 5.92 Å². The van der Waals surface area contributed by atoms with Crippen LogP contribution < -0.4 is 0 Å². The van der Waals surface area contributed by atoms with Gasteiger partial charge in [0.1, 0.15) is 0 Å². The van der Waals surface area contributed by atoms with Crippen molar-refractivity contribution in [2.24, 2.45) is 5.92 Å². The van der Waals surface area contributed by atoms with Crippen LogP contribution >= 0.6 is 0 Å². The van der Waals surface area contributed by atoms with Crippen molar-refractivity contribution >= 4 is 11.9 Å². The van der Waals surface area contributed by atoms with Gasteiger partial charge in [0.15, 0.2) is 0 Å². The number of amides is 1. The van der Waals surface area contributed by atoms with Gasteiger partial charge in [0.05, 0.1) is 5.92 Å². The molecule has 0 spiro atoms. The molecule has 1 heterocycles. The molecule has 0 aromatic rings. The Morgan fingerprint density at radius 3 is 2.40 bits per heavy atom. The first-order valence-corrected chi connectivity index (χ1v) is 5.08. The number of carboxylic acid groups (broad SMARTS) is 1. The van der Waals surface area contributed by atoms with E-state index in [-0.39, 0.29) is 17.9 Å². The molecule has 1 N–H and O–H groups in total. The molecule has 5 nitrogen and oxygen atoms in total. The lowest BCUT2D eigenvalue weighted by atomic mass is 9.91. The fourth-order valence-corrected chi connectivity index (χ4v) is 2.03. The number of aliphatic carboxylic acids is 1. The Hall–Kier alpha value is -1.10.